The summed E-state index contributed by atoms with van der Waals surface area (Å²) in [6, 6.07) is 13.4. The molecule has 1 amide bonds. The van der Waals surface area contributed by atoms with E-state index in [9.17, 15) is 13.2 Å². The molecule has 0 bridgehead atoms. The van der Waals surface area contributed by atoms with E-state index in [1.807, 2.05) is 12.1 Å². The van der Waals surface area contributed by atoms with Crippen molar-refractivity contribution >= 4 is 27.5 Å². The number of rotatable bonds is 3. The van der Waals surface area contributed by atoms with E-state index in [4.69, 9.17) is 11.6 Å². The summed E-state index contributed by atoms with van der Waals surface area (Å²) in [5.74, 6) is 0. The Morgan fingerprint density at radius 1 is 1.00 bits per heavy atom. The zero-order valence-corrected chi connectivity index (χ0v) is 16.6. The monoisotopic (exact) mass is 403 g/mol. The Bertz CT molecular complexity index is 1090. The number of hydrogen-bond acceptors (Lipinski definition) is 4. The van der Waals surface area contributed by atoms with Crippen molar-refractivity contribution in [3.05, 3.63) is 59.8 Å². The van der Waals surface area contributed by atoms with E-state index in [0.29, 0.717) is 16.3 Å². The van der Waals surface area contributed by atoms with Gasteiger partial charge in [0.15, 0.2) is 9.84 Å². The van der Waals surface area contributed by atoms with Crippen LogP contribution in [0.3, 0.4) is 0 Å². The molecule has 1 heterocycles. The number of carbonyl (C=O) groups is 1. The van der Waals surface area contributed by atoms with Gasteiger partial charge in [-0.2, -0.15) is 9.78 Å². The molecule has 1 aromatic heterocycles. The Hall–Kier alpha value is -2.64. The summed E-state index contributed by atoms with van der Waals surface area (Å²) in [4.78, 5) is 14.0. The molecule has 0 unspecified atom stereocenters. The van der Waals surface area contributed by atoms with Gasteiger partial charge in [-0.15, -0.1) is 0 Å². The number of nitrogens with zero attached hydrogens (tertiary/aromatic N) is 3. The van der Waals surface area contributed by atoms with Crippen LogP contribution in [0.4, 0.5) is 4.79 Å². The van der Waals surface area contributed by atoms with Gasteiger partial charge in [0.05, 0.1) is 4.90 Å². The second kappa shape index (κ2) is 7.17. The van der Waals surface area contributed by atoms with Gasteiger partial charge in [-0.25, -0.2) is 13.2 Å². The summed E-state index contributed by atoms with van der Waals surface area (Å²) < 4.78 is 24.6. The molecular weight excluding hydrogens is 386 g/mol. The van der Waals surface area contributed by atoms with Crippen LogP contribution in [0.2, 0.25) is 5.02 Å². The van der Waals surface area contributed by atoms with Crippen LogP contribution in [0, 0.1) is 0 Å². The second-order valence-corrected chi connectivity index (χ2v) is 8.77. The number of amides is 1. The maximum Gasteiger partial charge on any atom is 0.344 e. The normalized spacial score (nSPS) is 11.4. The Kier molecular flexibility index (Phi) is 5.08. The van der Waals surface area contributed by atoms with Crippen LogP contribution < -0.4 is 0 Å². The van der Waals surface area contributed by atoms with Gasteiger partial charge in [-0.3, -0.25) is 0 Å². The Labute approximate surface area is 162 Å². The molecule has 0 saturated heterocycles. The number of benzene rings is 2. The third-order valence-electron chi connectivity index (χ3n) is 4.00. The van der Waals surface area contributed by atoms with Crippen molar-refractivity contribution < 1.29 is 13.2 Å². The molecule has 0 spiro atoms. The molecule has 0 atom stereocenters. The highest BCUT2D eigenvalue weighted by atomic mass is 35.5. The molecule has 3 aromatic rings. The second-order valence-electron chi connectivity index (χ2n) is 6.32. The Morgan fingerprint density at radius 2 is 1.56 bits per heavy atom. The standard InChI is InChI=1S/C19H18ClN3O3S/c1-22(2)19(24)23-12-17(13-4-8-15(20)9-5-13)18(21-23)14-6-10-16(11-7-14)27(3,25)26/h4-12H,1-3H3. The minimum absolute atomic E-state index is 0.225. The lowest BCUT2D eigenvalue weighted by atomic mass is 10.0. The van der Waals surface area contributed by atoms with Gasteiger partial charge in [0.25, 0.3) is 0 Å². The van der Waals surface area contributed by atoms with Crippen LogP contribution in [-0.4, -0.2) is 49.5 Å². The number of hydrogen-bond donors (Lipinski definition) is 0. The van der Waals surface area contributed by atoms with Crippen molar-refractivity contribution in [2.24, 2.45) is 0 Å². The molecular formula is C19H18ClN3O3S. The van der Waals surface area contributed by atoms with Crippen molar-refractivity contribution in [1.82, 2.24) is 14.7 Å². The SMILES string of the molecule is CN(C)C(=O)n1cc(-c2ccc(Cl)cc2)c(-c2ccc(S(C)(=O)=O)cc2)n1. The molecule has 0 aliphatic heterocycles. The third kappa shape index (κ3) is 4.04. The quantitative estimate of drug-likeness (QED) is 0.666. The topological polar surface area (TPSA) is 72.3 Å². The van der Waals surface area contributed by atoms with E-state index in [1.54, 1.807) is 44.6 Å². The first-order chi connectivity index (χ1) is 12.7. The average Bonchev–Trinajstić information content (AvgIpc) is 3.06. The summed E-state index contributed by atoms with van der Waals surface area (Å²) in [6.45, 7) is 0. The summed E-state index contributed by atoms with van der Waals surface area (Å²) in [5, 5.41) is 5.04. The van der Waals surface area contributed by atoms with Gasteiger partial charge in [0, 0.05) is 42.7 Å². The van der Waals surface area contributed by atoms with Gasteiger partial charge in [0.1, 0.15) is 5.69 Å². The Balaban J connectivity index is 2.15. The van der Waals surface area contributed by atoms with E-state index >= 15 is 0 Å². The molecule has 0 aliphatic carbocycles. The van der Waals surface area contributed by atoms with Gasteiger partial charge in [0.2, 0.25) is 0 Å². The smallest absolute Gasteiger partial charge is 0.329 e. The average molecular weight is 404 g/mol. The van der Waals surface area contributed by atoms with Crippen molar-refractivity contribution in [2.45, 2.75) is 4.90 Å². The highest BCUT2D eigenvalue weighted by molar-refractivity contribution is 7.90. The first-order valence-corrected chi connectivity index (χ1v) is 10.3. The molecule has 0 saturated carbocycles. The lowest BCUT2D eigenvalue weighted by Gasteiger charge is -2.08. The van der Waals surface area contributed by atoms with Gasteiger partial charge < -0.3 is 4.90 Å². The van der Waals surface area contributed by atoms with E-state index in [1.165, 1.54) is 21.7 Å². The van der Waals surface area contributed by atoms with Crippen LogP contribution in [-0.2, 0) is 9.84 Å². The molecule has 140 valence electrons. The lowest BCUT2D eigenvalue weighted by Crippen LogP contribution is -2.27. The number of aromatic nitrogens is 2. The van der Waals surface area contributed by atoms with E-state index in [0.717, 1.165) is 17.4 Å². The van der Waals surface area contributed by atoms with Crippen molar-refractivity contribution in [3.8, 4) is 22.4 Å². The first-order valence-electron chi connectivity index (χ1n) is 8.04. The highest BCUT2D eigenvalue weighted by Crippen LogP contribution is 2.32. The molecule has 8 heteroatoms. The largest absolute Gasteiger partial charge is 0.344 e. The van der Waals surface area contributed by atoms with Crippen LogP contribution in [0.1, 0.15) is 0 Å². The molecule has 0 N–H and O–H groups in total. The van der Waals surface area contributed by atoms with Gasteiger partial charge >= 0.3 is 6.03 Å². The minimum atomic E-state index is -3.29. The van der Waals surface area contributed by atoms with Crippen molar-refractivity contribution in [3.63, 3.8) is 0 Å². The molecule has 6 nitrogen and oxygen atoms in total. The molecule has 0 fully saturated rings. The number of carbonyl (C=O) groups excluding carboxylic acids is 1. The molecule has 0 aliphatic rings. The zero-order valence-electron chi connectivity index (χ0n) is 15.0. The maximum atomic E-state index is 12.3. The molecule has 2 aromatic carbocycles. The number of sulfone groups is 1. The number of halogens is 1. The fourth-order valence-electron chi connectivity index (χ4n) is 2.59. The molecule has 27 heavy (non-hydrogen) atoms. The fraction of sp³-hybridized carbons (Fsp3) is 0.158. The highest BCUT2D eigenvalue weighted by Gasteiger charge is 2.18. The van der Waals surface area contributed by atoms with Crippen LogP contribution >= 0.6 is 11.6 Å². The predicted molar refractivity (Wildman–Crippen MR) is 106 cm³/mol. The minimum Gasteiger partial charge on any atom is -0.329 e. The van der Waals surface area contributed by atoms with E-state index < -0.39 is 9.84 Å². The van der Waals surface area contributed by atoms with Crippen LogP contribution in [0.15, 0.2) is 59.6 Å². The summed E-state index contributed by atoms with van der Waals surface area (Å²) in [6.07, 6.45) is 2.82. The van der Waals surface area contributed by atoms with Crippen LogP contribution in [0.25, 0.3) is 22.4 Å². The molecule has 3 rings (SSSR count). The van der Waals surface area contributed by atoms with Crippen molar-refractivity contribution in [2.75, 3.05) is 20.4 Å². The fourth-order valence-corrected chi connectivity index (χ4v) is 3.35. The Morgan fingerprint density at radius 3 is 2.07 bits per heavy atom. The lowest BCUT2D eigenvalue weighted by molar-refractivity contribution is 0.216. The van der Waals surface area contributed by atoms with Gasteiger partial charge in [-0.1, -0.05) is 35.9 Å². The predicted octanol–water partition coefficient (Wildman–Crippen LogP) is 3.80. The first kappa shape index (κ1) is 19.1. The third-order valence-corrected chi connectivity index (χ3v) is 5.38. The van der Waals surface area contributed by atoms with Gasteiger partial charge in [-0.05, 0) is 29.8 Å². The molecule has 0 radical (unpaired) electrons. The van der Waals surface area contributed by atoms with E-state index in [2.05, 4.69) is 5.10 Å². The summed E-state index contributed by atoms with van der Waals surface area (Å²) in [5.41, 5.74) is 2.87. The summed E-state index contributed by atoms with van der Waals surface area (Å²) in [7, 11) is 0.00143. The summed E-state index contributed by atoms with van der Waals surface area (Å²) >= 11 is 5.97. The zero-order chi connectivity index (χ0) is 19.8. The van der Waals surface area contributed by atoms with Crippen molar-refractivity contribution in [1.29, 1.82) is 0 Å². The van der Waals surface area contributed by atoms with E-state index in [-0.39, 0.29) is 10.9 Å². The van der Waals surface area contributed by atoms with Crippen LogP contribution in [0.5, 0.6) is 0 Å². The maximum absolute atomic E-state index is 12.3.